The topological polar surface area (TPSA) is 57.9 Å². The van der Waals surface area contributed by atoms with Gasteiger partial charge in [-0.05, 0) is 11.6 Å². The van der Waals surface area contributed by atoms with E-state index < -0.39 is 0 Å². The summed E-state index contributed by atoms with van der Waals surface area (Å²) in [6.07, 6.45) is 3.72. The van der Waals surface area contributed by atoms with E-state index in [1.54, 1.807) is 6.20 Å². The fraction of sp³-hybridized carbons (Fsp3) is 0.300. The second-order valence-electron chi connectivity index (χ2n) is 3.47. The first kappa shape index (κ1) is 9.02. The molecule has 0 aliphatic carbocycles. The third-order valence-electron chi connectivity index (χ3n) is 2.33. The summed E-state index contributed by atoms with van der Waals surface area (Å²) in [7, 11) is 4.03. The maximum Gasteiger partial charge on any atom is 0.139 e. The standard InChI is InChI=1S/C10H14N4/c1-14(2)8-3-4-12-10-9(8)7(5-11)6-13-10/h3-4,6H,5,11H2,1-2H3,(H,12,13). The monoisotopic (exact) mass is 190 g/mol. The van der Waals surface area contributed by atoms with E-state index in [4.69, 9.17) is 5.73 Å². The van der Waals surface area contributed by atoms with Crippen LogP contribution in [0.15, 0.2) is 18.5 Å². The van der Waals surface area contributed by atoms with Crippen molar-refractivity contribution in [1.82, 2.24) is 9.97 Å². The summed E-state index contributed by atoms with van der Waals surface area (Å²) in [4.78, 5) is 9.44. The van der Waals surface area contributed by atoms with E-state index in [0.29, 0.717) is 6.54 Å². The van der Waals surface area contributed by atoms with Gasteiger partial charge in [-0.3, -0.25) is 0 Å². The number of aromatic nitrogens is 2. The van der Waals surface area contributed by atoms with E-state index in [-0.39, 0.29) is 0 Å². The molecule has 0 saturated heterocycles. The number of aromatic amines is 1. The molecule has 0 aliphatic rings. The molecular formula is C10H14N4. The molecule has 0 aromatic carbocycles. The third-order valence-corrected chi connectivity index (χ3v) is 2.33. The molecule has 2 aromatic rings. The lowest BCUT2D eigenvalue weighted by molar-refractivity contribution is 1.08. The van der Waals surface area contributed by atoms with E-state index >= 15 is 0 Å². The van der Waals surface area contributed by atoms with Crippen LogP contribution in [0.2, 0.25) is 0 Å². The van der Waals surface area contributed by atoms with Crippen LogP contribution >= 0.6 is 0 Å². The highest BCUT2D eigenvalue weighted by Gasteiger charge is 2.09. The highest BCUT2D eigenvalue weighted by atomic mass is 15.1. The lowest BCUT2D eigenvalue weighted by Crippen LogP contribution is -2.09. The Morgan fingerprint density at radius 1 is 1.50 bits per heavy atom. The number of fused-ring (bicyclic) bond motifs is 1. The second-order valence-corrected chi connectivity index (χ2v) is 3.47. The number of anilines is 1. The normalized spacial score (nSPS) is 10.8. The molecule has 4 heteroatoms. The van der Waals surface area contributed by atoms with Crippen LogP contribution in [-0.2, 0) is 6.54 Å². The van der Waals surface area contributed by atoms with Gasteiger partial charge in [0.15, 0.2) is 0 Å². The van der Waals surface area contributed by atoms with Crippen molar-refractivity contribution in [1.29, 1.82) is 0 Å². The van der Waals surface area contributed by atoms with Crippen LogP contribution in [-0.4, -0.2) is 24.1 Å². The van der Waals surface area contributed by atoms with Gasteiger partial charge in [-0.1, -0.05) is 0 Å². The van der Waals surface area contributed by atoms with Crippen LogP contribution in [0.4, 0.5) is 5.69 Å². The molecule has 0 amide bonds. The Labute approximate surface area is 82.7 Å². The van der Waals surface area contributed by atoms with Crippen molar-refractivity contribution in [2.75, 3.05) is 19.0 Å². The largest absolute Gasteiger partial charge is 0.377 e. The van der Waals surface area contributed by atoms with Gasteiger partial charge in [0, 0.05) is 44.1 Å². The Morgan fingerprint density at radius 2 is 2.29 bits per heavy atom. The molecule has 2 aromatic heterocycles. The predicted molar refractivity (Wildman–Crippen MR) is 58.3 cm³/mol. The van der Waals surface area contributed by atoms with E-state index in [1.807, 2.05) is 26.4 Å². The highest BCUT2D eigenvalue weighted by molar-refractivity contribution is 5.92. The van der Waals surface area contributed by atoms with Crippen LogP contribution in [0, 0.1) is 0 Å². The Bertz CT molecular complexity index is 444. The fourth-order valence-corrected chi connectivity index (χ4v) is 1.64. The van der Waals surface area contributed by atoms with Gasteiger partial charge in [-0.15, -0.1) is 0 Å². The molecule has 0 fully saturated rings. The molecule has 3 N–H and O–H groups in total. The van der Waals surface area contributed by atoms with Gasteiger partial charge >= 0.3 is 0 Å². The lowest BCUT2D eigenvalue weighted by atomic mass is 10.2. The maximum atomic E-state index is 5.66. The Balaban J connectivity index is 2.75. The smallest absolute Gasteiger partial charge is 0.139 e. The van der Waals surface area contributed by atoms with Gasteiger partial charge in [-0.2, -0.15) is 0 Å². The average molecular weight is 190 g/mol. The molecule has 0 spiro atoms. The average Bonchev–Trinajstić information content (AvgIpc) is 2.59. The van der Waals surface area contributed by atoms with Gasteiger partial charge in [0.2, 0.25) is 0 Å². The van der Waals surface area contributed by atoms with Gasteiger partial charge < -0.3 is 15.6 Å². The summed E-state index contributed by atoms with van der Waals surface area (Å²) < 4.78 is 0. The SMILES string of the molecule is CN(C)c1ccnc2[nH]cc(CN)c12. The van der Waals surface area contributed by atoms with Crippen molar-refractivity contribution in [3.05, 3.63) is 24.0 Å². The number of nitrogens with two attached hydrogens (primary N) is 1. The molecule has 2 heterocycles. The number of rotatable bonds is 2. The number of nitrogens with one attached hydrogen (secondary N) is 1. The minimum atomic E-state index is 0.534. The molecular weight excluding hydrogens is 176 g/mol. The number of H-pyrrole nitrogens is 1. The first-order valence-corrected chi connectivity index (χ1v) is 4.56. The Kier molecular flexibility index (Phi) is 2.13. The molecule has 2 rings (SSSR count). The van der Waals surface area contributed by atoms with Crippen molar-refractivity contribution < 1.29 is 0 Å². The van der Waals surface area contributed by atoms with Crippen LogP contribution in [0.3, 0.4) is 0 Å². The number of nitrogens with zero attached hydrogens (tertiary/aromatic N) is 2. The minimum absolute atomic E-state index is 0.534. The molecule has 0 atom stereocenters. The fourth-order valence-electron chi connectivity index (χ4n) is 1.64. The van der Waals surface area contributed by atoms with Crippen molar-refractivity contribution in [2.24, 2.45) is 5.73 Å². The molecule has 14 heavy (non-hydrogen) atoms. The molecule has 0 aliphatic heterocycles. The molecule has 74 valence electrons. The summed E-state index contributed by atoms with van der Waals surface area (Å²) in [6, 6.07) is 2.00. The Morgan fingerprint density at radius 3 is 2.93 bits per heavy atom. The molecule has 0 radical (unpaired) electrons. The van der Waals surface area contributed by atoms with Crippen molar-refractivity contribution in [3.8, 4) is 0 Å². The van der Waals surface area contributed by atoms with E-state index in [1.165, 1.54) is 0 Å². The minimum Gasteiger partial charge on any atom is -0.377 e. The lowest BCUT2D eigenvalue weighted by Gasteiger charge is -2.13. The quantitative estimate of drug-likeness (QED) is 0.745. The summed E-state index contributed by atoms with van der Waals surface area (Å²) in [5, 5.41) is 1.13. The molecule has 0 saturated carbocycles. The zero-order valence-corrected chi connectivity index (χ0v) is 8.41. The zero-order chi connectivity index (χ0) is 10.1. The van der Waals surface area contributed by atoms with E-state index in [9.17, 15) is 0 Å². The summed E-state index contributed by atoms with van der Waals surface area (Å²) >= 11 is 0. The van der Waals surface area contributed by atoms with Gasteiger partial charge in [0.25, 0.3) is 0 Å². The number of hydrogen-bond donors (Lipinski definition) is 2. The molecule has 0 unspecified atom stereocenters. The first-order chi connectivity index (χ1) is 6.74. The van der Waals surface area contributed by atoms with E-state index in [2.05, 4.69) is 14.9 Å². The van der Waals surface area contributed by atoms with Crippen LogP contribution in [0.1, 0.15) is 5.56 Å². The summed E-state index contributed by atoms with van der Waals surface area (Å²) in [6.45, 7) is 0.534. The van der Waals surface area contributed by atoms with Gasteiger partial charge in [0.05, 0.1) is 0 Å². The summed E-state index contributed by atoms with van der Waals surface area (Å²) in [5.41, 5.74) is 8.82. The summed E-state index contributed by atoms with van der Waals surface area (Å²) in [5.74, 6) is 0. The Hall–Kier alpha value is -1.55. The van der Waals surface area contributed by atoms with Crippen LogP contribution in [0.5, 0.6) is 0 Å². The van der Waals surface area contributed by atoms with E-state index in [0.717, 1.165) is 22.3 Å². The first-order valence-electron chi connectivity index (χ1n) is 4.56. The van der Waals surface area contributed by atoms with Crippen molar-refractivity contribution in [2.45, 2.75) is 6.54 Å². The number of pyridine rings is 1. The van der Waals surface area contributed by atoms with Crippen LogP contribution in [0.25, 0.3) is 11.0 Å². The zero-order valence-electron chi connectivity index (χ0n) is 8.41. The van der Waals surface area contributed by atoms with Crippen molar-refractivity contribution >= 4 is 16.7 Å². The van der Waals surface area contributed by atoms with Crippen molar-refractivity contribution in [3.63, 3.8) is 0 Å². The second kappa shape index (κ2) is 3.31. The van der Waals surface area contributed by atoms with Gasteiger partial charge in [0.1, 0.15) is 5.65 Å². The number of hydrogen-bond acceptors (Lipinski definition) is 3. The third kappa shape index (κ3) is 1.24. The molecule has 4 nitrogen and oxygen atoms in total. The van der Waals surface area contributed by atoms with Crippen LogP contribution < -0.4 is 10.6 Å². The highest BCUT2D eigenvalue weighted by Crippen LogP contribution is 2.26. The predicted octanol–water partition coefficient (Wildman–Crippen LogP) is 1.09. The van der Waals surface area contributed by atoms with Gasteiger partial charge in [-0.25, -0.2) is 4.98 Å². The maximum absolute atomic E-state index is 5.66. The molecule has 0 bridgehead atoms.